The second-order valence-corrected chi connectivity index (χ2v) is 8.21. The molecular weight excluding hydrogens is 236 g/mol. The summed E-state index contributed by atoms with van der Waals surface area (Å²) < 4.78 is 0. The first-order valence-electron chi connectivity index (χ1n) is 7.90. The number of nitrogens with one attached hydrogen (secondary N) is 1. The van der Waals surface area contributed by atoms with Gasteiger partial charge in [0, 0.05) is 31.6 Å². The monoisotopic (exact) mass is 264 g/mol. The van der Waals surface area contributed by atoms with Gasteiger partial charge in [0.2, 0.25) is 5.91 Å². The van der Waals surface area contributed by atoms with Gasteiger partial charge in [0.1, 0.15) is 0 Å². The first-order chi connectivity index (χ1) is 8.87. The normalized spacial score (nSPS) is 36.6. The molecule has 2 atom stereocenters. The highest BCUT2D eigenvalue weighted by atomic mass is 16.2. The molecule has 0 spiro atoms. The Balaban J connectivity index is 1.57. The SMILES string of the molecule is CC1(C)CC2CC(C)(CN2C(=O)CCNC2CC2)C1. The van der Waals surface area contributed by atoms with Crippen molar-refractivity contribution in [2.75, 3.05) is 13.1 Å². The highest BCUT2D eigenvalue weighted by Crippen LogP contribution is 2.52. The quantitative estimate of drug-likeness (QED) is 0.846. The zero-order chi connectivity index (χ0) is 13.7. The number of hydrogen-bond acceptors (Lipinski definition) is 2. The van der Waals surface area contributed by atoms with Crippen molar-refractivity contribution in [2.24, 2.45) is 10.8 Å². The summed E-state index contributed by atoms with van der Waals surface area (Å²) in [5.41, 5.74) is 0.769. The van der Waals surface area contributed by atoms with Crippen LogP contribution in [0.3, 0.4) is 0 Å². The minimum Gasteiger partial charge on any atom is -0.339 e. The Kier molecular flexibility index (Phi) is 3.16. The van der Waals surface area contributed by atoms with Crippen molar-refractivity contribution >= 4 is 5.91 Å². The summed E-state index contributed by atoms with van der Waals surface area (Å²) in [6.07, 6.45) is 6.95. The topological polar surface area (TPSA) is 32.3 Å². The molecule has 108 valence electrons. The van der Waals surface area contributed by atoms with Crippen LogP contribution in [-0.2, 0) is 4.79 Å². The fourth-order valence-corrected chi connectivity index (χ4v) is 4.57. The summed E-state index contributed by atoms with van der Waals surface area (Å²) in [5, 5.41) is 3.45. The summed E-state index contributed by atoms with van der Waals surface area (Å²) in [4.78, 5) is 14.6. The highest BCUT2D eigenvalue weighted by molar-refractivity contribution is 5.77. The second-order valence-electron chi connectivity index (χ2n) is 8.21. The molecule has 3 aliphatic rings. The third-order valence-corrected chi connectivity index (χ3v) is 5.08. The summed E-state index contributed by atoms with van der Waals surface area (Å²) in [6, 6.07) is 1.21. The van der Waals surface area contributed by atoms with E-state index in [2.05, 4.69) is 31.0 Å². The van der Waals surface area contributed by atoms with Crippen LogP contribution < -0.4 is 5.32 Å². The van der Waals surface area contributed by atoms with Gasteiger partial charge in [0.15, 0.2) is 0 Å². The van der Waals surface area contributed by atoms with E-state index in [4.69, 9.17) is 0 Å². The van der Waals surface area contributed by atoms with Crippen LogP contribution in [-0.4, -0.2) is 36.0 Å². The number of fused-ring (bicyclic) bond motifs is 2. The molecule has 2 bridgehead atoms. The number of rotatable bonds is 4. The van der Waals surface area contributed by atoms with Crippen molar-refractivity contribution in [1.82, 2.24) is 10.2 Å². The maximum atomic E-state index is 12.4. The highest BCUT2D eigenvalue weighted by Gasteiger charge is 2.50. The summed E-state index contributed by atoms with van der Waals surface area (Å²) in [6.45, 7) is 8.95. The summed E-state index contributed by atoms with van der Waals surface area (Å²) in [7, 11) is 0. The molecule has 3 fully saturated rings. The van der Waals surface area contributed by atoms with Crippen molar-refractivity contribution < 1.29 is 4.79 Å². The lowest BCUT2D eigenvalue weighted by Crippen LogP contribution is -2.38. The largest absolute Gasteiger partial charge is 0.339 e. The molecule has 1 aliphatic heterocycles. The zero-order valence-corrected chi connectivity index (χ0v) is 12.7. The number of likely N-dealkylation sites (tertiary alicyclic amines) is 1. The molecule has 2 aliphatic carbocycles. The van der Waals surface area contributed by atoms with E-state index >= 15 is 0 Å². The fourth-order valence-electron chi connectivity index (χ4n) is 4.57. The molecule has 19 heavy (non-hydrogen) atoms. The van der Waals surface area contributed by atoms with Gasteiger partial charge in [-0.1, -0.05) is 20.8 Å². The Hall–Kier alpha value is -0.570. The standard InChI is InChI=1S/C16H28N2O/c1-15(2)8-13-9-16(3,10-15)11-18(13)14(19)6-7-17-12-4-5-12/h12-13,17H,4-11H2,1-3H3. The van der Waals surface area contributed by atoms with Gasteiger partial charge in [-0.3, -0.25) is 4.79 Å². The maximum absolute atomic E-state index is 12.4. The number of nitrogens with zero attached hydrogens (tertiary/aromatic N) is 1. The fraction of sp³-hybridized carbons (Fsp3) is 0.938. The Labute approximate surface area is 117 Å². The van der Waals surface area contributed by atoms with Crippen LogP contribution in [0.25, 0.3) is 0 Å². The Morgan fingerprint density at radius 3 is 2.68 bits per heavy atom. The van der Waals surface area contributed by atoms with Crippen molar-refractivity contribution in [2.45, 2.75) is 71.4 Å². The molecule has 3 rings (SSSR count). The van der Waals surface area contributed by atoms with Crippen molar-refractivity contribution in [1.29, 1.82) is 0 Å². The molecule has 2 unspecified atom stereocenters. The van der Waals surface area contributed by atoms with Crippen molar-refractivity contribution in [3.8, 4) is 0 Å². The van der Waals surface area contributed by atoms with Crippen LogP contribution in [0.5, 0.6) is 0 Å². The van der Waals surface area contributed by atoms with Gasteiger partial charge in [-0.2, -0.15) is 0 Å². The number of amides is 1. The summed E-state index contributed by atoms with van der Waals surface area (Å²) in [5.74, 6) is 0.375. The van der Waals surface area contributed by atoms with Crippen LogP contribution in [0.15, 0.2) is 0 Å². The average Bonchev–Trinajstić information content (AvgIpc) is 3.03. The number of hydrogen-bond donors (Lipinski definition) is 1. The third kappa shape index (κ3) is 2.96. The molecule has 1 heterocycles. The Morgan fingerprint density at radius 1 is 1.26 bits per heavy atom. The van der Waals surface area contributed by atoms with E-state index in [1.807, 2.05) is 0 Å². The third-order valence-electron chi connectivity index (χ3n) is 5.08. The molecule has 3 nitrogen and oxygen atoms in total. The van der Waals surface area contributed by atoms with Gasteiger partial charge < -0.3 is 10.2 Å². The summed E-state index contributed by atoms with van der Waals surface area (Å²) >= 11 is 0. The molecule has 1 saturated heterocycles. The second kappa shape index (κ2) is 4.47. The Morgan fingerprint density at radius 2 is 2.00 bits per heavy atom. The lowest BCUT2D eigenvalue weighted by Gasteiger charge is -2.39. The number of carbonyl (C=O) groups excluding carboxylic acids is 1. The van der Waals surface area contributed by atoms with Gasteiger partial charge in [0.25, 0.3) is 0 Å². The zero-order valence-electron chi connectivity index (χ0n) is 12.7. The van der Waals surface area contributed by atoms with E-state index in [9.17, 15) is 4.79 Å². The van der Waals surface area contributed by atoms with Crippen molar-refractivity contribution in [3.05, 3.63) is 0 Å². The molecule has 3 heteroatoms. The minimum absolute atomic E-state index is 0.367. The van der Waals surface area contributed by atoms with E-state index in [1.165, 1.54) is 32.1 Å². The molecule has 0 aromatic rings. The van der Waals surface area contributed by atoms with Gasteiger partial charge in [-0.05, 0) is 42.9 Å². The van der Waals surface area contributed by atoms with Gasteiger partial charge in [-0.15, -0.1) is 0 Å². The minimum atomic E-state index is 0.367. The lowest BCUT2D eigenvalue weighted by molar-refractivity contribution is -0.132. The molecule has 1 N–H and O–H groups in total. The van der Waals surface area contributed by atoms with E-state index in [-0.39, 0.29) is 0 Å². The maximum Gasteiger partial charge on any atom is 0.224 e. The lowest BCUT2D eigenvalue weighted by atomic mass is 9.65. The smallest absolute Gasteiger partial charge is 0.224 e. The van der Waals surface area contributed by atoms with Crippen LogP contribution in [0.1, 0.15) is 59.3 Å². The number of carbonyl (C=O) groups is 1. The Bertz CT molecular complexity index is 375. The van der Waals surface area contributed by atoms with Crippen LogP contribution in [0, 0.1) is 10.8 Å². The molecule has 0 aromatic heterocycles. The van der Waals surface area contributed by atoms with Crippen LogP contribution in [0.2, 0.25) is 0 Å². The van der Waals surface area contributed by atoms with Crippen molar-refractivity contribution in [3.63, 3.8) is 0 Å². The van der Waals surface area contributed by atoms with E-state index in [1.54, 1.807) is 0 Å². The molecule has 0 radical (unpaired) electrons. The van der Waals surface area contributed by atoms with Gasteiger partial charge in [-0.25, -0.2) is 0 Å². The van der Waals surface area contributed by atoms with Gasteiger partial charge >= 0.3 is 0 Å². The van der Waals surface area contributed by atoms with E-state index in [0.717, 1.165) is 13.1 Å². The molecule has 2 saturated carbocycles. The predicted molar refractivity (Wildman–Crippen MR) is 76.9 cm³/mol. The predicted octanol–water partition coefficient (Wildman–Crippen LogP) is 2.56. The molecule has 0 aromatic carbocycles. The average molecular weight is 264 g/mol. The first kappa shape index (κ1) is 13.4. The molecule has 1 amide bonds. The van der Waals surface area contributed by atoms with Crippen LogP contribution in [0.4, 0.5) is 0 Å². The van der Waals surface area contributed by atoms with E-state index < -0.39 is 0 Å². The van der Waals surface area contributed by atoms with Crippen LogP contribution >= 0.6 is 0 Å². The molecular formula is C16H28N2O. The first-order valence-corrected chi connectivity index (χ1v) is 7.90. The van der Waals surface area contributed by atoms with Gasteiger partial charge in [0.05, 0.1) is 0 Å². The van der Waals surface area contributed by atoms with E-state index in [0.29, 0.717) is 35.2 Å².